The molecule has 0 saturated heterocycles. The molecule has 2 aliphatic carbocycles. The number of rotatable bonds is 7. The minimum Gasteiger partial charge on any atom is -0.493 e. The van der Waals surface area contributed by atoms with Crippen LogP contribution in [0.3, 0.4) is 0 Å². The Morgan fingerprint density at radius 1 is 1.17 bits per heavy atom. The smallest absolute Gasteiger partial charge is 0.340 e. The van der Waals surface area contributed by atoms with Gasteiger partial charge in [-0.3, -0.25) is 9.52 Å². The maximum Gasteiger partial charge on any atom is 0.340 e. The number of methoxy groups -OCH3 is 3. The first-order valence-electron chi connectivity index (χ1n) is 9.39. The van der Waals surface area contributed by atoms with Crippen LogP contribution in [0, 0.1) is 16.7 Å². The third kappa shape index (κ3) is 3.35. The molecule has 2 aliphatic rings. The molecule has 1 aromatic carbocycles. The van der Waals surface area contributed by atoms with Gasteiger partial charge in [-0.2, -0.15) is 0 Å². The van der Waals surface area contributed by atoms with Gasteiger partial charge >= 0.3 is 5.97 Å². The molecule has 1 aromatic rings. The number of Topliss-reactive ketones (excluding diaryl/α,β-unsaturated/α-hetero) is 1. The monoisotopic (exact) mass is 425 g/mol. The molecule has 0 heterocycles. The molecular formula is C20H27NO7S. The summed E-state index contributed by atoms with van der Waals surface area (Å²) in [5.41, 5.74) is -1.29. The summed E-state index contributed by atoms with van der Waals surface area (Å²) in [6.45, 7) is 3.95. The number of ether oxygens (including phenoxy) is 3. The van der Waals surface area contributed by atoms with Gasteiger partial charge in [0.15, 0.2) is 11.5 Å². The van der Waals surface area contributed by atoms with E-state index in [4.69, 9.17) is 14.2 Å². The van der Waals surface area contributed by atoms with Crippen LogP contribution in [-0.2, 0) is 19.6 Å². The van der Waals surface area contributed by atoms with Crippen molar-refractivity contribution in [1.29, 1.82) is 0 Å². The third-order valence-corrected chi connectivity index (χ3v) is 8.17. The second kappa shape index (κ2) is 7.19. The molecule has 160 valence electrons. The highest BCUT2D eigenvalue weighted by molar-refractivity contribution is 7.92. The number of fused-ring (bicyclic) bond motifs is 2. The number of anilines is 1. The molecule has 0 spiro atoms. The number of hydrogen-bond donors (Lipinski definition) is 1. The molecule has 1 N–H and O–H groups in total. The molecule has 2 fully saturated rings. The van der Waals surface area contributed by atoms with Gasteiger partial charge in [-0.15, -0.1) is 0 Å². The van der Waals surface area contributed by atoms with Gasteiger partial charge in [-0.25, -0.2) is 13.2 Å². The van der Waals surface area contributed by atoms with Crippen molar-refractivity contribution in [2.75, 3.05) is 31.8 Å². The summed E-state index contributed by atoms with van der Waals surface area (Å²) in [5.74, 6) is -0.312. The zero-order valence-corrected chi connectivity index (χ0v) is 18.1. The van der Waals surface area contributed by atoms with Gasteiger partial charge in [-0.1, -0.05) is 13.8 Å². The number of carbonyl (C=O) groups is 2. The van der Waals surface area contributed by atoms with E-state index in [1.165, 1.54) is 33.5 Å². The molecule has 3 rings (SSSR count). The second-order valence-corrected chi connectivity index (χ2v) is 9.99. The summed E-state index contributed by atoms with van der Waals surface area (Å²) in [4.78, 5) is 24.9. The van der Waals surface area contributed by atoms with Crippen molar-refractivity contribution in [1.82, 2.24) is 0 Å². The van der Waals surface area contributed by atoms with Crippen molar-refractivity contribution >= 4 is 27.5 Å². The number of benzene rings is 1. The number of esters is 1. The van der Waals surface area contributed by atoms with E-state index in [1.807, 2.05) is 13.8 Å². The Morgan fingerprint density at radius 3 is 2.28 bits per heavy atom. The maximum absolute atomic E-state index is 13.1. The first kappa shape index (κ1) is 21.4. The molecule has 8 nitrogen and oxygen atoms in total. The fraction of sp³-hybridized carbons (Fsp3) is 0.600. The van der Waals surface area contributed by atoms with E-state index in [0.717, 1.165) is 6.42 Å². The van der Waals surface area contributed by atoms with Crippen molar-refractivity contribution in [3.05, 3.63) is 17.7 Å². The van der Waals surface area contributed by atoms with Gasteiger partial charge in [0.1, 0.15) is 5.78 Å². The van der Waals surface area contributed by atoms with Crippen LogP contribution < -0.4 is 14.2 Å². The van der Waals surface area contributed by atoms with Crippen LogP contribution in [0.25, 0.3) is 0 Å². The number of hydrogen-bond acceptors (Lipinski definition) is 7. The maximum atomic E-state index is 13.1. The second-order valence-electron chi connectivity index (χ2n) is 8.27. The van der Waals surface area contributed by atoms with E-state index in [-0.39, 0.29) is 45.6 Å². The zero-order valence-electron chi connectivity index (χ0n) is 17.3. The Bertz CT molecular complexity index is 954. The molecule has 0 amide bonds. The molecule has 9 heteroatoms. The summed E-state index contributed by atoms with van der Waals surface area (Å²) in [5, 5.41) is 0. The number of carbonyl (C=O) groups excluding carboxylic acids is 2. The predicted octanol–water partition coefficient (Wildman–Crippen LogP) is 2.63. The molecule has 0 aliphatic heterocycles. The van der Waals surface area contributed by atoms with Gasteiger partial charge < -0.3 is 14.2 Å². The van der Waals surface area contributed by atoms with E-state index >= 15 is 0 Å². The Kier molecular flexibility index (Phi) is 5.31. The van der Waals surface area contributed by atoms with Gasteiger partial charge in [-0.05, 0) is 24.2 Å². The first-order chi connectivity index (χ1) is 13.5. The SMILES string of the molecule is COC(=O)c1cc(OC)c(OC)cc1NS(=O)(=O)C[C@]12CC[C@H](CC1=O)C2(C)C. The molecule has 0 unspecified atom stereocenters. The highest BCUT2D eigenvalue weighted by Gasteiger charge is 2.65. The highest BCUT2D eigenvalue weighted by atomic mass is 32.2. The van der Waals surface area contributed by atoms with Crippen molar-refractivity contribution in [2.24, 2.45) is 16.7 Å². The van der Waals surface area contributed by atoms with Crippen molar-refractivity contribution < 1.29 is 32.2 Å². The van der Waals surface area contributed by atoms with Crippen LogP contribution in [0.5, 0.6) is 11.5 Å². The average molecular weight is 426 g/mol. The van der Waals surface area contributed by atoms with Crippen LogP contribution in [-0.4, -0.2) is 47.3 Å². The van der Waals surface area contributed by atoms with Crippen molar-refractivity contribution in [3.63, 3.8) is 0 Å². The van der Waals surface area contributed by atoms with E-state index in [0.29, 0.717) is 12.8 Å². The topological polar surface area (TPSA) is 108 Å². The average Bonchev–Trinajstić information content (AvgIpc) is 3.00. The molecule has 29 heavy (non-hydrogen) atoms. The molecule has 2 atom stereocenters. The molecule has 2 bridgehead atoms. The van der Waals surface area contributed by atoms with Crippen molar-refractivity contribution in [2.45, 2.75) is 33.1 Å². The number of ketones is 1. The van der Waals surface area contributed by atoms with Crippen LogP contribution in [0.15, 0.2) is 12.1 Å². The lowest BCUT2D eigenvalue weighted by Crippen LogP contribution is -2.43. The Balaban J connectivity index is 1.98. The van der Waals surface area contributed by atoms with Crippen molar-refractivity contribution in [3.8, 4) is 11.5 Å². The van der Waals surface area contributed by atoms with Crippen LogP contribution in [0.1, 0.15) is 43.5 Å². The fourth-order valence-electron chi connectivity index (χ4n) is 4.88. The van der Waals surface area contributed by atoms with Crippen LogP contribution in [0.4, 0.5) is 5.69 Å². The van der Waals surface area contributed by atoms with Crippen LogP contribution >= 0.6 is 0 Å². The fourth-order valence-corrected chi connectivity index (χ4v) is 6.78. The molecule has 0 radical (unpaired) electrons. The number of nitrogens with one attached hydrogen (secondary N) is 1. The lowest BCUT2D eigenvalue weighted by Gasteiger charge is -2.36. The van der Waals surface area contributed by atoms with Gasteiger partial charge in [0.2, 0.25) is 10.0 Å². The molecule has 2 saturated carbocycles. The van der Waals surface area contributed by atoms with Crippen LogP contribution in [0.2, 0.25) is 0 Å². The standard InChI is InChI=1S/C20H27NO7S/c1-19(2)12-6-7-20(19,17(22)8-12)11-29(24,25)21-14-10-16(27-4)15(26-3)9-13(14)18(23)28-5/h9-10,12,21H,6-8,11H2,1-5H3/t12-,20-/m1/s1. The lowest BCUT2D eigenvalue weighted by molar-refractivity contribution is -0.128. The van der Waals surface area contributed by atoms with Gasteiger partial charge in [0.05, 0.1) is 43.7 Å². The summed E-state index contributed by atoms with van der Waals surface area (Å²) < 4.78 is 43.9. The summed E-state index contributed by atoms with van der Waals surface area (Å²) in [7, 11) is 0.0704. The van der Waals surface area contributed by atoms with E-state index in [1.54, 1.807) is 0 Å². The van der Waals surface area contributed by atoms with Gasteiger partial charge in [0.25, 0.3) is 0 Å². The number of sulfonamides is 1. The lowest BCUT2D eigenvalue weighted by atomic mass is 9.70. The van der Waals surface area contributed by atoms with E-state index in [2.05, 4.69) is 4.72 Å². The minimum atomic E-state index is -3.95. The Labute approximate surface area is 171 Å². The summed E-state index contributed by atoms with van der Waals surface area (Å²) in [6.07, 6.45) is 1.82. The highest BCUT2D eigenvalue weighted by Crippen LogP contribution is 2.64. The van der Waals surface area contributed by atoms with E-state index < -0.39 is 21.4 Å². The first-order valence-corrected chi connectivity index (χ1v) is 11.0. The quantitative estimate of drug-likeness (QED) is 0.669. The minimum absolute atomic E-state index is 0.00429. The normalized spacial score (nSPS) is 25.0. The summed E-state index contributed by atoms with van der Waals surface area (Å²) in [6, 6.07) is 2.73. The Morgan fingerprint density at radius 2 is 1.79 bits per heavy atom. The summed E-state index contributed by atoms with van der Waals surface area (Å²) >= 11 is 0. The van der Waals surface area contributed by atoms with E-state index in [9.17, 15) is 18.0 Å². The third-order valence-electron chi connectivity index (χ3n) is 6.77. The molecule has 0 aromatic heterocycles. The predicted molar refractivity (Wildman–Crippen MR) is 107 cm³/mol. The molecular weight excluding hydrogens is 398 g/mol. The Hall–Kier alpha value is -2.29. The zero-order chi connectivity index (χ0) is 21.6. The largest absolute Gasteiger partial charge is 0.493 e. The van der Waals surface area contributed by atoms with Gasteiger partial charge in [0, 0.05) is 18.6 Å².